The van der Waals surface area contributed by atoms with E-state index in [4.69, 9.17) is 9.47 Å². The number of nitrogens with zero attached hydrogens (tertiary/aromatic N) is 1. The van der Waals surface area contributed by atoms with Crippen LogP contribution >= 0.6 is 0 Å². The third kappa shape index (κ3) is 3.64. The Morgan fingerprint density at radius 1 is 1.07 bits per heavy atom. The maximum absolute atomic E-state index is 13.7. The highest BCUT2D eigenvalue weighted by Crippen LogP contribution is 2.35. The minimum absolute atomic E-state index is 0.0407. The van der Waals surface area contributed by atoms with Gasteiger partial charge in [-0.05, 0) is 36.8 Å². The van der Waals surface area contributed by atoms with Crippen molar-refractivity contribution < 1.29 is 37.4 Å². The second-order valence-corrected chi connectivity index (χ2v) is 6.00. The van der Waals surface area contributed by atoms with Crippen molar-refractivity contribution >= 4 is 18.2 Å². The molecule has 0 saturated carbocycles. The predicted molar refractivity (Wildman–Crippen MR) is 90.4 cm³/mol. The van der Waals surface area contributed by atoms with Crippen molar-refractivity contribution in [2.75, 3.05) is 7.11 Å². The fraction of sp³-hybridized carbons (Fsp3) is 0.211. The normalized spacial score (nSPS) is 18.6. The lowest BCUT2D eigenvalue weighted by Crippen LogP contribution is -2.39. The van der Waals surface area contributed by atoms with Gasteiger partial charge in [0, 0.05) is 0 Å². The van der Waals surface area contributed by atoms with Crippen molar-refractivity contribution in [2.24, 2.45) is 0 Å². The highest BCUT2D eigenvalue weighted by Gasteiger charge is 2.51. The third-order valence-electron chi connectivity index (χ3n) is 4.13. The molecule has 2 aromatic rings. The Balaban J connectivity index is 1.96. The van der Waals surface area contributed by atoms with Crippen molar-refractivity contribution in [3.8, 4) is 5.75 Å². The molecule has 0 aliphatic carbocycles. The molecule has 2 aromatic carbocycles. The zero-order chi connectivity index (χ0) is 20.4. The van der Waals surface area contributed by atoms with Crippen LogP contribution in [0.5, 0.6) is 5.75 Å². The molecule has 0 aromatic heterocycles. The van der Waals surface area contributed by atoms with Crippen molar-refractivity contribution in [1.29, 1.82) is 0 Å². The van der Waals surface area contributed by atoms with E-state index < -0.39 is 41.9 Å². The van der Waals surface area contributed by atoms with Crippen LogP contribution in [0.25, 0.3) is 0 Å². The first-order valence-electron chi connectivity index (χ1n) is 8.13. The van der Waals surface area contributed by atoms with E-state index in [2.05, 4.69) is 4.74 Å². The van der Waals surface area contributed by atoms with E-state index >= 15 is 0 Å². The van der Waals surface area contributed by atoms with E-state index in [0.29, 0.717) is 4.90 Å². The molecule has 2 unspecified atom stereocenters. The summed E-state index contributed by atoms with van der Waals surface area (Å²) in [6, 6.07) is 7.72. The monoisotopic (exact) mass is 391 g/mol. The van der Waals surface area contributed by atoms with Gasteiger partial charge in [-0.25, -0.2) is 23.2 Å². The standard InChI is InChI=1S/C19H15F2NO6/c1-10-3-6-12(7-4-10)27-18(24)22-15(11-5-8-13(20)14(21)9-11)16(17(23)26-2)28-19(22)25/h3-9,15-16H,1-2H3. The van der Waals surface area contributed by atoms with Gasteiger partial charge in [0.05, 0.1) is 7.11 Å². The number of hydrogen-bond acceptors (Lipinski definition) is 6. The van der Waals surface area contributed by atoms with Gasteiger partial charge in [-0.2, -0.15) is 4.90 Å². The third-order valence-corrected chi connectivity index (χ3v) is 4.13. The molecule has 3 rings (SSSR count). The maximum Gasteiger partial charge on any atom is 0.425 e. The number of aryl methyl sites for hydroxylation is 1. The summed E-state index contributed by atoms with van der Waals surface area (Å²) in [5.41, 5.74) is 0.881. The molecule has 1 fully saturated rings. The van der Waals surface area contributed by atoms with Gasteiger partial charge in [0.15, 0.2) is 11.6 Å². The Bertz CT molecular complexity index is 931. The average molecular weight is 391 g/mol. The van der Waals surface area contributed by atoms with E-state index in [0.717, 1.165) is 30.9 Å². The largest absolute Gasteiger partial charge is 0.466 e. The number of hydrogen-bond donors (Lipinski definition) is 0. The molecular weight excluding hydrogens is 376 g/mol. The first kappa shape index (κ1) is 19.3. The van der Waals surface area contributed by atoms with Crippen LogP contribution < -0.4 is 4.74 Å². The number of carbonyl (C=O) groups is 3. The molecule has 1 heterocycles. The van der Waals surface area contributed by atoms with Crippen molar-refractivity contribution in [1.82, 2.24) is 4.90 Å². The predicted octanol–water partition coefficient (Wildman–Crippen LogP) is 3.51. The summed E-state index contributed by atoms with van der Waals surface area (Å²) in [5, 5.41) is 0. The molecule has 1 aliphatic heterocycles. The molecule has 7 nitrogen and oxygen atoms in total. The van der Waals surface area contributed by atoms with E-state index in [9.17, 15) is 23.2 Å². The van der Waals surface area contributed by atoms with Crippen LogP contribution in [0.4, 0.5) is 18.4 Å². The number of benzene rings is 2. The summed E-state index contributed by atoms with van der Waals surface area (Å²) >= 11 is 0. The van der Waals surface area contributed by atoms with Crippen LogP contribution in [0.3, 0.4) is 0 Å². The van der Waals surface area contributed by atoms with Gasteiger partial charge < -0.3 is 14.2 Å². The molecule has 0 radical (unpaired) electrons. The first-order valence-corrected chi connectivity index (χ1v) is 8.13. The fourth-order valence-corrected chi connectivity index (χ4v) is 2.74. The number of amides is 2. The Hall–Kier alpha value is -3.49. The fourth-order valence-electron chi connectivity index (χ4n) is 2.74. The molecule has 0 N–H and O–H groups in total. The number of carbonyl (C=O) groups excluding carboxylic acids is 3. The van der Waals surface area contributed by atoms with Gasteiger partial charge in [0.2, 0.25) is 6.10 Å². The van der Waals surface area contributed by atoms with Crippen LogP contribution in [0.2, 0.25) is 0 Å². The summed E-state index contributed by atoms with van der Waals surface area (Å²) in [5.74, 6) is -3.16. The molecule has 1 saturated heterocycles. The van der Waals surface area contributed by atoms with E-state index in [1.807, 2.05) is 6.92 Å². The summed E-state index contributed by atoms with van der Waals surface area (Å²) in [4.78, 5) is 37.4. The smallest absolute Gasteiger partial charge is 0.425 e. The lowest BCUT2D eigenvalue weighted by atomic mass is 10.0. The summed E-state index contributed by atoms with van der Waals surface area (Å²) in [6.45, 7) is 1.84. The number of methoxy groups -OCH3 is 1. The van der Waals surface area contributed by atoms with Gasteiger partial charge >= 0.3 is 18.2 Å². The molecule has 1 aliphatic rings. The molecular formula is C19H15F2NO6. The van der Waals surface area contributed by atoms with E-state index in [1.165, 1.54) is 12.1 Å². The van der Waals surface area contributed by atoms with Crippen molar-refractivity contribution in [3.05, 3.63) is 65.2 Å². The zero-order valence-corrected chi connectivity index (χ0v) is 14.8. The minimum atomic E-state index is -1.56. The number of esters is 1. The number of rotatable bonds is 3. The number of cyclic esters (lactones) is 1. The number of ether oxygens (including phenoxy) is 3. The van der Waals surface area contributed by atoms with Crippen LogP contribution in [-0.2, 0) is 14.3 Å². The molecule has 2 amide bonds. The Labute approximate surface area is 158 Å². The van der Waals surface area contributed by atoms with Crippen LogP contribution in [0, 0.1) is 18.6 Å². The second-order valence-electron chi connectivity index (χ2n) is 6.00. The van der Waals surface area contributed by atoms with E-state index in [1.54, 1.807) is 12.1 Å². The summed E-state index contributed by atoms with van der Waals surface area (Å²) < 4.78 is 41.7. The van der Waals surface area contributed by atoms with Gasteiger partial charge in [-0.1, -0.05) is 23.8 Å². The Kier molecular flexibility index (Phi) is 5.25. The van der Waals surface area contributed by atoms with Gasteiger partial charge in [0.1, 0.15) is 11.8 Å². The lowest BCUT2D eigenvalue weighted by Gasteiger charge is -2.22. The van der Waals surface area contributed by atoms with Gasteiger partial charge in [0.25, 0.3) is 0 Å². The average Bonchev–Trinajstić information content (AvgIpc) is 3.02. The van der Waals surface area contributed by atoms with E-state index in [-0.39, 0.29) is 11.3 Å². The molecule has 146 valence electrons. The Morgan fingerprint density at radius 3 is 2.36 bits per heavy atom. The maximum atomic E-state index is 13.7. The SMILES string of the molecule is COC(=O)C1OC(=O)N(C(=O)Oc2ccc(C)cc2)C1c1ccc(F)c(F)c1. The minimum Gasteiger partial charge on any atom is -0.466 e. The van der Waals surface area contributed by atoms with Crippen LogP contribution in [-0.4, -0.2) is 36.3 Å². The van der Waals surface area contributed by atoms with Gasteiger partial charge in [-0.15, -0.1) is 0 Å². The molecule has 2 atom stereocenters. The molecule has 9 heteroatoms. The summed E-state index contributed by atoms with van der Waals surface area (Å²) in [6.07, 6.45) is -3.88. The number of imide groups is 1. The van der Waals surface area contributed by atoms with Gasteiger partial charge in [-0.3, -0.25) is 0 Å². The highest BCUT2D eigenvalue weighted by atomic mass is 19.2. The molecule has 0 bridgehead atoms. The van der Waals surface area contributed by atoms with Crippen molar-refractivity contribution in [2.45, 2.75) is 19.1 Å². The van der Waals surface area contributed by atoms with Crippen molar-refractivity contribution in [3.63, 3.8) is 0 Å². The van der Waals surface area contributed by atoms with Crippen LogP contribution in [0.15, 0.2) is 42.5 Å². The number of halogens is 2. The summed E-state index contributed by atoms with van der Waals surface area (Å²) in [7, 11) is 1.06. The lowest BCUT2D eigenvalue weighted by molar-refractivity contribution is -0.150. The Morgan fingerprint density at radius 2 is 1.75 bits per heavy atom. The second kappa shape index (κ2) is 7.63. The first-order chi connectivity index (χ1) is 13.3. The highest BCUT2D eigenvalue weighted by molar-refractivity contribution is 5.94. The zero-order valence-electron chi connectivity index (χ0n) is 14.8. The topological polar surface area (TPSA) is 82.1 Å². The molecule has 28 heavy (non-hydrogen) atoms. The van der Waals surface area contributed by atoms with Crippen LogP contribution in [0.1, 0.15) is 17.2 Å². The quantitative estimate of drug-likeness (QED) is 0.745. The molecule has 0 spiro atoms.